The van der Waals surface area contributed by atoms with Gasteiger partial charge in [-0.2, -0.15) is 0 Å². The predicted molar refractivity (Wildman–Crippen MR) is 84.4 cm³/mol. The minimum Gasteiger partial charge on any atom is -0.496 e. The summed E-state index contributed by atoms with van der Waals surface area (Å²) in [6.07, 6.45) is 2.32. The summed E-state index contributed by atoms with van der Waals surface area (Å²) < 4.78 is 6.15. The third kappa shape index (κ3) is 3.94. The van der Waals surface area contributed by atoms with Crippen LogP contribution in [0.1, 0.15) is 28.8 Å². The van der Waals surface area contributed by atoms with Crippen LogP contribution in [0.4, 0.5) is 0 Å². The largest absolute Gasteiger partial charge is 0.496 e. The molecule has 2 rings (SSSR count). The van der Waals surface area contributed by atoms with E-state index in [2.05, 4.69) is 15.9 Å². The van der Waals surface area contributed by atoms with Crippen molar-refractivity contribution in [3.63, 3.8) is 0 Å². The fourth-order valence-corrected chi connectivity index (χ4v) is 2.67. The van der Waals surface area contributed by atoms with Crippen LogP contribution in [0.15, 0.2) is 53.0 Å². The van der Waals surface area contributed by atoms with Crippen molar-refractivity contribution >= 4 is 21.7 Å². The van der Waals surface area contributed by atoms with Crippen molar-refractivity contribution in [1.29, 1.82) is 0 Å². The predicted octanol–water partition coefficient (Wildman–Crippen LogP) is 4.66. The molecular weight excluding hydrogens is 316 g/mol. The molecule has 0 saturated carbocycles. The number of ether oxygens (including phenoxy) is 1. The molecule has 0 radical (unpaired) electrons. The molecule has 0 N–H and O–H groups in total. The standard InChI is InChI=1S/C17H17BrO2/c1-20-17-11-10-13(12-15(17)18)6-5-9-16(19)14-7-3-2-4-8-14/h2-4,7-8,10-12H,5-6,9H2,1H3. The number of hydrogen-bond donors (Lipinski definition) is 0. The molecule has 0 spiro atoms. The number of benzene rings is 2. The summed E-state index contributed by atoms with van der Waals surface area (Å²) in [5.41, 5.74) is 2.00. The van der Waals surface area contributed by atoms with Gasteiger partial charge >= 0.3 is 0 Å². The number of methoxy groups -OCH3 is 1. The molecule has 0 fully saturated rings. The molecule has 0 aliphatic heterocycles. The van der Waals surface area contributed by atoms with Gasteiger partial charge in [0, 0.05) is 12.0 Å². The molecule has 0 saturated heterocycles. The van der Waals surface area contributed by atoms with E-state index in [0.717, 1.165) is 28.6 Å². The Morgan fingerprint density at radius 2 is 1.90 bits per heavy atom. The molecule has 2 aromatic carbocycles. The van der Waals surface area contributed by atoms with Crippen LogP contribution in [-0.4, -0.2) is 12.9 Å². The molecule has 0 bridgehead atoms. The Morgan fingerprint density at radius 1 is 1.15 bits per heavy atom. The Bertz CT molecular complexity index is 579. The van der Waals surface area contributed by atoms with Gasteiger partial charge in [-0.1, -0.05) is 36.4 Å². The van der Waals surface area contributed by atoms with Crippen LogP contribution in [-0.2, 0) is 6.42 Å². The van der Waals surface area contributed by atoms with E-state index in [-0.39, 0.29) is 5.78 Å². The number of halogens is 1. The molecule has 0 aliphatic carbocycles. The number of carbonyl (C=O) groups excluding carboxylic acids is 1. The SMILES string of the molecule is COc1ccc(CCCC(=O)c2ccccc2)cc1Br. The van der Waals surface area contributed by atoms with Gasteiger partial charge in [-0.3, -0.25) is 4.79 Å². The lowest BCUT2D eigenvalue weighted by Crippen LogP contribution is -1.99. The fourth-order valence-electron chi connectivity index (χ4n) is 2.09. The Balaban J connectivity index is 1.87. The second kappa shape index (κ2) is 7.25. The Kier molecular flexibility index (Phi) is 5.36. The highest BCUT2D eigenvalue weighted by atomic mass is 79.9. The van der Waals surface area contributed by atoms with Gasteiger partial charge in [0.05, 0.1) is 11.6 Å². The van der Waals surface area contributed by atoms with Crippen molar-refractivity contribution in [2.45, 2.75) is 19.3 Å². The first-order valence-electron chi connectivity index (χ1n) is 6.61. The summed E-state index contributed by atoms with van der Waals surface area (Å²) >= 11 is 3.47. The molecule has 0 heterocycles. The molecule has 3 heteroatoms. The van der Waals surface area contributed by atoms with E-state index < -0.39 is 0 Å². The lowest BCUT2D eigenvalue weighted by molar-refractivity contribution is 0.0980. The van der Waals surface area contributed by atoms with Gasteiger partial charge in [-0.25, -0.2) is 0 Å². The minimum atomic E-state index is 0.207. The average Bonchev–Trinajstić information content (AvgIpc) is 2.48. The molecule has 2 nitrogen and oxygen atoms in total. The number of ketones is 1. The summed E-state index contributed by atoms with van der Waals surface area (Å²) in [5, 5.41) is 0. The highest BCUT2D eigenvalue weighted by molar-refractivity contribution is 9.10. The Labute approximate surface area is 127 Å². The monoisotopic (exact) mass is 332 g/mol. The molecule has 0 aromatic heterocycles. The zero-order valence-corrected chi connectivity index (χ0v) is 13.0. The third-order valence-corrected chi connectivity index (χ3v) is 3.80. The van der Waals surface area contributed by atoms with Crippen LogP contribution in [0.25, 0.3) is 0 Å². The van der Waals surface area contributed by atoms with Gasteiger partial charge in [0.25, 0.3) is 0 Å². The smallest absolute Gasteiger partial charge is 0.162 e. The van der Waals surface area contributed by atoms with Crippen molar-refractivity contribution < 1.29 is 9.53 Å². The molecule has 0 amide bonds. The molecule has 104 valence electrons. The molecule has 0 aliphatic rings. The second-order valence-electron chi connectivity index (χ2n) is 4.61. The average molecular weight is 333 g/mol. The normalized spacial score (nSPS) is 10.3. The van der Waals surface area contributed by atoms with Gasteiger partial charge in [0.2, 0.25) is 0 Å². The summed E-state index contributed by atoms with van der Waals surface area (Å²) in [5.74, 6) is 1.03. The first-order valence-corrected chi connectivity index (χ1v) is 7.40. The van der Waals surface area contributed by atoms with Crippen LogP contribution in [0, 0.1) is 0 Å². The molecular formula is C17H17BrO2. The van der Waals surface area contributed by atoms with Gasteiger partial charge in [-0.05, 0) is 46.5 Å². The molecule has 2 aromatic rings. The van der Waals surface area contributed by atoms with Crippen LogP contribution in [0.5, 0.6) is 5.75 Å². The zero-order chi connectivity index (χ0) is 14.4. The molecule has 20 heavy (non-hydrogen) atoms. The summed E-state index contributed by atoms with van der Waals surface area (Å²) in [6, 6.07) is 15.5. The summed E-state index contributed by atoms with van der Waals surface area (Å²) in [7, 11) is 1.65. The van der Waals surface area contributed by atoms with Crippen LogP contribution in [0.3, 0.4) is 0 Å². The highest BCUT2D eigenvalue weighted by Crippen LogP contribution is 2.26. The van der Waals surface area contributed by atoms with Gasteiger partial charge in [0.15, 0.2) is 5.78 Å². The van der Waals surface area contributed by atoms with Gasteiger partial charge < -0.3 is 4.74 Å². The van der Waals surface area contributed by atoms with Gasteiger partial charge in [0.1, 0.15) is 5.75 Å². The first kappa shape index (κ1) is 14.8. The summed E-state index contributed by atoms with van der Waals surface area (Å²) in [6.45, 7) is 0. The Morgan fingerprint density at radius 3 is 2.55 bits per heavy atom. The lowest BCUT2D eigenvalue weighted by atomic mass is 10.0. The van der Waals surface area contributed by atoms with Crippen molar-refractivity contribution in [2.75, 3.05) is 7.11 Å². The van der Waals surface area contributed by atoms with E-state index in [9.17, 15) is 4.79 Å². The van der Waals surface area contributed by atoms with E-state index in [4.69, 9.17) is 4.74 Å². The van der Waals surface area contributed by atoms with Gasteiger partial charge in [-0.15, -0.1) is 0 Å². The number of Topliss-reactive ketones (excluding diaryl/α,β-unsaturated/α-hetero) is 1. The van der Waals surface area contributed by atoms with E-state index in [0.29, 0.717) is 6.42 Å². The zero-order valence-electron chi connectivity index (χ0n) is 11.4. The van der Waals surface area contributed by atoms with Crippen molar-refractivity contribution in [3.05, 3.63) is 64.1 Å². The lowest BCUT2D eigenvalue weighted by Gasteiger charge is -2.06. The number of hydrogen-bond acceptors (Lipinski definition) is 2. The first-order chi connectivity index (χ1) is 9.70. The number of carbonyl (C=O) groups is 1. The van der Waals surface area contributed by atoms with E-state index in [1.165, 1.54) is 5.56 Å². The van der Waals surface area contributed by atoms with E-state index in [1.54, 1.807) is 7.11 Å². The van der Waals surface area contributed by atoms with Crippen LogP contribution < -0.4 is 4.74 Å². The maximum absolute atomic E-state index is 12.0. The maximum Gasteiger partial charge on any atom is 0.162 e. The third-order valence-electron chi connectivity index (χ3n) is 3.18. The van der Waals surface area contributed by atoms with E-state index in [1.807, 2.05) is 48.5 Å². The quantitative estimate of drug-likeness (QED) is 0.719. The van der Waals surface area contributed by atoms with Crippen molar-refractivity contribution in [1.82, 2.24) is 0 Å². The minimum absolute atomic E-state index is 0.207. The number of rotatable bonds is 6. The number of aryl methyl sites for hydroxylation is 1. The Hall–Kier alpha value is -1.61. The van der Waals surface area contributed by atoms with E-state index >= 15 is 0 Å². The van der Waals surface area contributed by atoms with Crippen LogP contribution >= 0.6 is 15.9 Å². The molecule has 0 unspecified atom stereocenters. The topological polar surface area (TPSA) is 26.3 Å². The van der Waals surface area contributed by atoms with Crippen molar-refractivity contribution in [2.24, 2.45) is 0 Å². The second-order valence-corrected chi connectivity index (χ2v) is 5.47. The molecule has 0 atom stereocenters. The van der Waals surface area contributed by atoms with Crippen LogP contribution in [0.2, 0.25) is 0 Å². The highest BCUT2D eigenvalue weighted by Gasteiger charge is 2.06. The summed E-state index contributed by atoms with van der Waals surface area (Å²) in [4.78, 5) is 12.0. The fraction of sp³-hybridized carbons (Fsp3) is 0.235. The van der Waals surface area contributed by atoms with Crippen molar-refractivity contribution in [3.8, 4) is 5.75 Å². The maximum atomic E-state index is 12.0.